The van der Waals surface area contributed by atoms with Crippen molar-refractivity contribution in [2.24, 2.45) is 0 Å². The molecule has 1 aliphatic rings. The lowest BCUT2D eigenvalue weighted by molar-refractivity contribution is 0.176. The molecule has 1 aliphatic heterocycles. The molecule has 2 nitrogen and oxygen atoms in total. The normalized spacial score (nSPS) is 35.2. The van der Waals surface area contributed by atoms with E-state index in [1.54, 1.807) is 6.08 Å². The van der Waals surface area contributed by atoms with Crippen molar-refractivity contribution < 1.29 is 9.84 Å². The van der Waals surface area contributed by atoms with Gasteiger partial charge >= 0.3 is 0 Å². The molecule has 0 aromatic carbocycles. The summed E-state index contributed by atoms with van der Waals surface area (Å²) in [6.07, 6.45) is 6.68. The third-order valence-corrected chi connectivity index (χ3v) is 2.67. The van der Waals surface area contributed by atoms with E-state index in [4.69, 9.17) is 4.74 Å². The van der Waals surface area contributed by atoms with Gasteiger partial charge in [0, 0.05) is 0 Å². The van der Waals surface area contributed by atoms with Crippen LogP contribution in [0.5, 0.6) is 0 Å². The first-order chi connectivity index (χ1) is 6.14. The second-order valence-electron chi connectivity index (χ2n) is 3.97. The molecule has 0 aromatic rings. The minimum absolute atomic E-state index is 0.0234. The minimum atomic E-state index is -0.424. The number of ether oxygens (including phenoxy) is 1. The van der Waals surface area contributed by atoms with E-state index < -0.39 is 6.10 Å². The van der Waals surface area contributed by atoms with Gasteiger partial charge in [-0.2, -0.15) is 0 Å². The highest BCUT2D eigenvalue weighted by atomic mass is 16.6. The zero-order chi connectivity index (χ0) is 9.90. The summed E-state index contributed by atoms with van der Waals surface area (Å²) in [6.45, 7) is 6.16. The summed E-state index contributed by atoms with van der Waals surface area (Å²) in [7, 11) is 0. The fraction of sp³-hybridized carbons (Fsp3) is 0.818. The zero-order valence-electron chi connectivity index (χ0n) is 8.79. The minimum Gasteiger partial charge on any atom is -0.386 e. The molecule has 2 heteroatoms. The molecular weight excluding hydrogens is 164 g/mol. The molecule has 76 valence electrons. The van der Waals surface area contributed by atoms with Crippen molar-refractivity contribution in [3.05, 3.63) is 12.2 Å². The Morgan fingerprint density at radius 2 is 2.31 bits per heavy atom. The maximum Gasteiger partial charge on any atom is 0.116 e. The molecule has 0 amide bonds. The highest BCUT2D eigenvalue weighted by Crippen LogP contribution is 2.42. The van der Waals surface area contributed by atoms with E-state index >= 15 is 0 Å². The highest BCUT2D eigenvalue weighted by molar-refractivity contribution is 5.08. The van der Waals surface area contributed by atoms with Gasteiger partial charge in [0.25, 0.3) is 0 Å². The van der Waals surface area contributed by atoms with Crippen molar-refractivity contribution >= 4 is 0 Å². The largest absolute Gasteiger partial charge is 0.386 e. The lowest BCUT2D eigenvalue weighted by Crippen LogP contribution is -2.20. The molecule has 1 rings (SSSR count). The Morgan fingerprint density at radius 3 is 2.85 bits per heavy atom. The van der Waals surface area contributed by atoms with Gasteiger partial charge in [-0.05, 0) is 20.3 Å². The maximum absolute atomic E-state index is 9.61. The summed E-state index contributed by atoms with van der Waals surface area (Å²) in [4.78, 5) is 0. The molecule has 0 bridgehead atoms. The first-order valence-corrected chi connectivity index (χ1v) is 5.12. The van der Waals surface area contributed by atoms with Gasteiger partial charge in [0.2, 0.25) is 0 Å². The molecule has 0 spiro atoms. The lowest BCUT2D eigenvalue weighted by atomic mass is 9.97. The first kappa shape index (κ1) is 10.7. The van der Waals surface area contributed by atoms with E-state index in [1.807, 2.05) is 13.0 Å². The van der Waals surface area contributed by atoms with Crippen LogP contribution in [-0.2, 0) is 4.74 Å². The number of epoxide rings is 1. The van der Waals surface area contributed by atoms with E-state index in [1.165, 1.54) is 12.8 Å². The fourth-order valence-electron chi connectivity index (χ4n) is 1.71. The van der Waals surface area contributed by atoms with Crippen molar-refractivity contribution in [1.82, 2.24) is 0 Å². The van der Waals surface area contributed by atoms with Crippen LogP contribution in [0.1, 0.15) is 40.0 Å². The molecule has 0 radical (unpaired) electrons. The smallest absolute Gasteiger partial charge is 0.116 e. The number of hydrogen-bond donors (Lipinski definition) is 1. The van der Waals surface area contributed by atoms with Gasteiger partial charge < -0.3 is 9.84 Å². The van der Waals surface area contributed by atoms with Crippen molar-refractivity contribution in [1.29, 1.82) is 0 Å². The van der Waals surface area contributed by atoms with Crippen molar-refractivity contribution in [3.8, 4) is 0 Å². The maximum atomic E-state index is 9.61. The number of rotatable bonds is 5. The molecule has 0 saturated carbocycles. The van der Waals surface area contributed by atoms with Gasteiger partial charge in [-0.25, -0.2) is 0 Å². The van der Waals surface area contributed by atoms with E-state index in [-0.39, 0.29) is 11.7 Å². The average Bonchev–Trinajstić information content (AvgIpc) is 2.76. The van der Waals surface area contributed by atoms with Crippen LogP contribution in [0.15, 0.2) is 12.2 Å². The Labute approximate surface area is 80.6 Å². The van der Waals surface area contributed by atoms with Crippen LogP contribution in [0.4, 0.5) is 0 Å². The number of hydrogen-bond acceptors (Lipinski definition) is 2. The van der Waals surface area contributed by atoms with Gasteiger partial charge in [-0.15, -0.1) is 0 Å². The number of unbranched alkanes of at least 4 members (excludes halogenated alkanes) is 1. The summed E-state index contributed by atoms with van der Waals surface area (Å²) < 4.78 is 5.52. The Bertz CT molecular complexity index is 189. The second kappa shape index (κ2) is 4.25. The predicted octanol–water partition coefficient (Wildman–Crippen LogP) is 2.27. The van der Waals surface area contributed by atoms with Gasteiger partial charge in [-0.1, -0.05) is 31.9 Å². The van der Waals surface area contributed by atoms with E-state index in [2.05, 4.69) is 13.8 Å². The number of allylic oxidation sites excluding steroid dienone is 1. The summed E-state index contributed by atoms with van der Waals surface area (Å²) >= 11 is 0. The summed E-state index contributed by atoms with van der Waals surface area (Å²) in [5.74, 6) is 0. The van der Waals surface area contributed by atoms with Crippen molar-refractivity contribution in [3.63, 3.8) is 0 Å². The van der Waals surface area contributed by atoms with Crippen LogP contribution in [0.25, 0.3) is 0 Å². The van der Waals surface area contributed by atoms with Gasteiger partial charge in [0.15, 0.2) is 0 Å². The van der Waals surface area contributed by atoms with E-state index in [9.17, 15) is 5.11 Å². The van der Waals surface area contributed by atoms with Crippen LogP contribution in [0.2, 0.25) is 0 Å². The zero-order valence-corrected chi connectivity index (χ0v) is 8.79. The van der Waals surface area contributed by atoms with E-state index in [0.29, 0.717) is 0 Å². The van der Waals surface area contributed by atoms with Crippen LogP contribution >= 0.6 is 0 Å². The molecule has 1 saturated heterocycles. The third kappa shape index (κ3) is 2.55. The second-order valence-corrected chi connectivity index (χ2v) is 3.97. The van der Waals surface area contributed by atoms with Crippen LogP contribution in [0, 0.1) is 0 Å². The molecule has 1 heterocycles. The molecular formula is C11H20O2. The standard InChI is InChI=1S/C11H20O2/c1-4-6-8-11(3)10(13-11)9(12)7-5-2/h5,7,9-10,12H,4,6,8H2,1-3H3/b7-5+. The van der Waals surface area contributed by atoms with Crippen LogP contribution in [0.3, 0.4) is 0 Å². The molecule has 13 heavy (non-hydrogen) atoms. The topological polar surface area (TPSA) is 32.8 Å². The van der Waals surface area contributed by atoms with Crippen molar-refractivity contribution in [2.75, 3.05) is 0 Å². The monoisotopic (exact) mass is 184 g/mol. The number of aliphatic hydroxyl groups is 1. The van der Waals surface area contributed by atoms with Gasteiger partial charge in [0.05, 0.1) is 5.60 Å². The predicted molar refractivity (Wildman–Crippen MR) is 53.6 cm³/mol. The van der Waals surface area contributed by atoms with Crippen LogP contribution in [-0.4, -0.2) is 22.9 Å². The Kier molecular flexibility index (Phi) is 3.51. The third-order valence-electron chi connectivity index (χ3n) is 2.67. The molecule has 0 aromatic heterocycles. The summed E-state index contributed by atoms with van der Waals surface area (Å²) in [6, 6.07) is 0. The molecule has 1 fully saturated rings. The van der Waals surface area contributed by atoms with E-state index in [0.717, 1.165) is 6.42 Å². The van der Waals surface area contributed by atoms with Crippen LogP contribution < -0.4 is 0 Å². The van der Waals surface area contributed by atoms with Gasteiger partial charge in [-0.3, -0.25) is 0 Å². The highest BCUT2D eigenvalue weighted by Gasteiger charge is 2.54. The molecule has 1 N–H and O–H groups in total. The SMILES string of the molecule is C/C=C/C(O)C1OC1(C)CCCC. The molecule has 3 unspecified atom stereocenters. The first-order valence-electron chi connectivity index (χ1n) is 5.12. The Balaban J connectivity index is 2.34. The number of aliphatic hydroxyl groups excluding tert-OH is 1. The van der Waals surface area contributed by atoms with Crippen molar-refractivity contribution in [2.45, 2.75) is 57.8 Å². The summed E-state index contributed by atoms with van der Waals surface area (Å²) in [5.41, 5.74) is -0.0606. The lowest BCUT2D eigenvalue weighted by Gasteiger charge is -2.06. The Morgan fingerprint density at radius 1 is 1.62 bits per heavy atom. The molecule has 0 aliphatic carbocycles. The Hall–Kier alpha value is -0.340. The molecule has 3 atom stereocenters. The summed E-state index contributed by atoms with van der Waals surface area (Å²) in [5, 5.41) is 9.61. The fourth-order valence-corrected chi connectivity index (χ4v) is 1.71. The van der Waals surface area contributed by atoms with Gasteiger partial charge in [0.1, 0.15) is 12.2 Å². The quantitative estimate of drug-likeness (QED) is 0.525. The average molecular weight is 184 g/mol.